The van der Waals surface area contributed by atoms with Crippen LogP contribution in [0.1, 0.15) is 18.9 Å². The summed E-state index contributed by atoms with van der Waals surface area (Å²) in [5.74, 6) is -1.16. The van der Waals surface area contributed by atoms with Crippen LogP contribution in [-0.4, -0.2) is 40.1 Å². The molecule has 21 heavy (non-hydrogen) atoms. The van der Waals surface area contributed by atoms with Crippen LogP contribution in [0.4, 0.5) is 0 Å². The van der Waals surface area contributed by atoms with Gasteiger partial charge in [-0.05, 0) is 30.7 Å². The van der Waals surface area contributed by atoms with Crippen molar-refractivity contribution in [2.45, 2.75) is 24.3 Å². The minimum Gasteiger partial charge on any atom is -0.327 e. The Balaban J connectivity index is 2.79. The van der Waals surface area contributed by atoms with Gasteiger partial charge in [0.15, 0.2) is 19.7 Å². The van der Waals surface area contributed by atoms with Gasteiger partial charge >= 0.3 is 0 Å². The number of nitrogens with zero attached hydrogens (tertiary/aromatic N) is 1. The molecule has 0 aliphatic heterocycles. The Morgan fingerprint density at radius 3 is 2.19 bits per heavy atom. The number of rotatable bonds is 7. The van der Waals surface area contributed by atoms with Gasteiger partial charge in [-0.3, -0.25) is 0 Å². The van der Waals surface area contributed by atoms with Crippen LogP contribution in [0, 0.1) is 11.3 Å². The number of benzene rings is 1. The summed E-state index contributed by atoms with van der Waals surface area (Å²) in [5, 5.41) is 8.66. The molecule has 8 heteroatoms. The van der Waals surface area contributed by atoms with Crippen LogP contribution in [-0.2, 0) is 19.7 Å². The second-order valence-corrected chi connectivity index (χ2v) is 9.08. The Morgan fingerprint density at radius 2 is 1.71 bits per heavy atom. The first-order valence-electron chi connectivity index (χ1n) is 6.39. The number of nitrogens with two attached hydrogens (primary N) is 1. The molecule has 1 rings (SSSR count). The first-order valence-corrected chi connectivity index (χ1v) is 9.86. The van der Waals surface area contributed by atoms with Gasteiger partial charge in [-0.25, -0.2) is 16.8 Å². The van der Waals surface area contributed by atoms with E-state index >= 15 is 0 Å². The van der Waals surface area contributed by atoms with Gasteiger partial charge in [0.2, 0.25) is 0 Å². The van der Waals surface area contributed by atoms with E-state index in [9.17, 15) is 16.8 Å². The molecule has 1 aromatic rings. The van der Waals surface area contributed by atoms with Gasteiger partial charge in [0.05, 0.1) is 33.8 Å². The molecule has 0 saturated heterocycles. The lowest BCUT2D eigenvalue weighted by Gasteiger charge is -2.10. The summed E-state index contributed by atoms with van der Waals surface area (Å²) in [6.07, 6.45) is 0.515. The summed E-state index contributed by atoms with van der Waals surface area (Å²) in [4.78, 5) is 0.0106. The van der Waals surface area contributed by atoms with Gasteiger partial charge in [-0.2, -0.15) is 5.26 Å². The molecule has 0 amide bonds. The maximum atomic E-state index is 12.1. The van der Waals surface area contributed by atoms with Gasteiger partial charge in [0.1, 0.15) is 0 Å². The van der Waals surface area contributed by atoms with Gasteiger partial charge in [-0.15, -0.1) is 0 Å². The Bertz CT molecular complexity index is 716. The van der Waals surface area contributed by atoms with Crippen LogP contribution in [0.5, 0.6) is 0 Å². The van der Waals surface area contributed by atoms with Gasteiger partial charge < -0.3 is 5.73 Å². The second-order valence-electron chi connectivity index (χ2n) is 4.74. The summed E-state index contributed by atoms with van der Waals surface area (Å²) in [6.45, 7) is 1.77. The highest BCUT2D eigenvalue weighted by Gasteiger charge is 2.21. The van der Waals surface area contributed by atoms with E-state index in [-0.39, 0.29) is 10.6 Å². The van der Waals surface area contributed by atoms with E-state index < -0.39 is 37.2 Å². The van der Waals surface area contributed by atoms with Crippen molar-refractivity contribution in [2.24, 2.45) is 5.73 Å². The molecule has 2 N–H and O–H groups in total. The highest BCUT2D eigenvalue weighted by Crippen LogP contribution is 2.13. The molecule has 1 unspecified atom stereocenters. The minimum absolute atomic E-state index is 0.0106. The zero-order chi connectivity index (χ0) is 16.1. The normalized spacial score (nSPS) is 13.6. The summed E-state index contributed by atoms with van der Waals surface area (Å²) in [5.41, 5.74) is 5.93. The average molecular weight is 330 g/mol. The van der Waals surface area contributed by atoms with Crippen molar-refractivity contribution in [3.8, 4) is 6.07 Å². The molecule has 0 aliphatic carbocycles. The molecule has 0 aliphatic rings. The largest absolute Gasteiger partial charge is 0.327 e. The van der Waals surface area contributed by atoms with Crippen LogP contribution >= 0.6 is 0 Å². The quantitative estimate of drug-likeness (QED) is 0.777. The third kappa shape index (κ3) is 5.46. The van der Waals surface area contributed by atoms with Crippen LogP contribution < -0.4 is 5.73 Å². The summed E-state index contributed by atoms with van der Waals surface area (Å²) in [7, 11) is -7.19. The van der Waals surface area contributed by atoms with E-state index in [1.807, 2.05) is 6.07 Å². The Labute approximate surface area is 125 Å². The molecule has 6 nitrogen and oxygen atoms in total. The van der Waals surface area contributed by atoms with Crippen LogP contribution in [0.15, 0.2) is 29.2 Å². The zero-order valence-electron chi connectivity index (χ0n) is 11.7. The zero-order valence-corrected chi connectivity index (χ0v) is 13.3. The smallest absolute Gasteiger partial charge is 0.179 e. The average Bonchev–Trinajstić information content (AvgIpc) is 2.45. The standard InChI is InChI=1S/C13H18N2O4S2/c1-2-12(15)10-20(16,17)7-8-21(18,19)13-5-3-11(9-14)4-6-13/h3-6,12H,2,7-8,10,15H2,1H3. The van der Waals surface area contributed by atoms with E-state index in [1.165, 1.54) is 24.3 Å². The summed E-state index contributed by atoms with van der Waals surface area (Å²) < 4.78 is 47.7. The van der Waals surface area contributed by atoms with Crippen LogP contribution in [0.2, 0.25) is 0 Å². The van der Waals surface area contributed by atoms with E-state index in [0.717, 1.165) is 0 Å². The highest BCUT2D eigenvalue weighted by atomic mass is 32.2. The van der Waals surface area contributed by atoms with Crippen molar-refractivity contribution >= 4 is 19.7 Å². The van der Waals surface area contributed by atoms with Crippen molar-refractivity contribution < 1.29 is 16.8 Å². The SMILES string of the molecule is CCC(N)CS(=O)(=O)CCS(=O)(=O)c1ccc(C#N)cc1. The molecule has 1 atom stereocenters. The molecule has 0 radical (unpaired) electrons. The van der Waals surface area contributed by atoms with Crippen molar-refractivity contribution in [2.75, 3.05) is 17.3 Å². The topological polar surface area (TPSA) is 118 Å². The predicted octanol–water partition coefficient (Wildman–Crippen LogP) is 0.484. The van der Waals surface area contributed by atoms with Crippen LogP contribution in [0.25, 0.3) is 0 Å². The summed E-state index contributed by atoms with van der Waals surface area (Å²) in [6, 6.07) is 6.78. The maximum Gasteiger partial charge on any atom is 0.179 e. The van der Waals surface area contributed by atoms with Crippen molar-refractivity contribution in [1.29, 1.82) is 5.26 Å². The van der Waals surface area contributed by atoms with E-state index in [2.05, 4.69) is 0 Å². The summed E-state index contributed by atoms with van der Waals surface area (Å²) >= 11 is 0. The number of sulfone groups is 2. The number of hydrogen-bond acceptors (Lipinski definition) is 6. The molecule has 0 heterocycles. The van der Waals surface area contributed by atoms with Crippen LogP contribution in [0.3, 0.4) is 0 Å². The number of hydrogen-bond donors (Lipinski definition) is 1. The highest BCUT2D eigenvalue weighted by molar-refractivity contribution is 7.95. The fraction of sp³-hybridized carbons (Fsp3) is 0.462. The van der Waals surface area contributed by atoms with E-state index in [4.69, 9.17) is 11.0 Å². The lowest BCUT2D eigenvalue weighted by atomic mass is 10.2. The fourth-order valence-electron chi connectivity index (χ4n) is 1.62. The van der Waals surface area contributed by atoms with E-state index in [1.54, 1.807) is 6.92 Å². The molecule has 0 fully saturated rings. The molecular weight excluding hydrogens is 312 g/mol. The Kier molecular flexibility index (Phi) is 5.89. The lowest BCUT2D eigenvalue weighted by molar-refractivity contribution is 0.579. The van der Waals surface area contributed by atoms with Gasteiger partial charge in [-0.1, -0.05) is 6.92 Å². The lowest BCUT2D eigenvalue weighted by Crippen LogP contribution is -2.31. The maximum absolute atomic E-state index is 12.1. The molecule has 0 spiro atoms. The predicted molar refractivity (Wildman–Crippen MR) is 80.1 cm³/mol. The first kappa shape index (κ1) is 17.6. The second kappa shape index (κ2) is 7.02. The van der Waals surface area contributed by atoms with Crippen molar-refractivity contribution in [1.82, 2.24) is 0 Å². The Morgan fingerprint density at radius 1 is 1.14 bits per heavy atom. The molecule has 1 aromatic carbocycles. The first-order chi connectivity index (χ1) is 9.70. The minimum atomic E-state index is -3.69. The molecular formula is C13H18N2O4S2. The molecule has 0 saturated carbocycles. The third-order valence-corrected chi connectivity index (χ3v) is 6.75. The fourth-order valence-corrected chi connectivity index (χ4v) is 5.35. The molecule has 0 bridgehead atoms. The molecule has 116 valence electrons. The molecule has 0 aromatic heterocycles. The van der Waals surface area contributed by atoms with Crippen molar-refractivity contribution in [3.05, 3.63) is 29.8 Å². The van der Waals surface area contributed by atoms with E-state index in [0.29, 0.717) is 12.0 Å². The number of nitriles is 1. The monoisotopic (exact) mass is 330 g/mol. The third-order valence-electron chi connectivity index (χ3n) is 3.00. The van der Waals surface area contributed by atoms with Gasteiger partial charge in [0.25, 0.3) is 0 Å². The Hall–Kier alpha value is -1.43. The van der Waals surface area contributed by atoms with Crippen molar-refractivity contribution in [3.63, 3.8) is 0 Å². The van der Waals surface area contributed by atoms with Gasteiger partial charge in [0, 0.05) is 6.04 Å².